The molecule has 2 aliphatic rings. The third kappa shape index (κ3) is 6.38. The fourth-order valence-electron chi connectivity index (χ4n) is 4.60. The average Bonchev–Trinajstić information content (AvgIpc) is 3.10. The Morgan fingerprint density at radius 1 is 0.788 bits per heavy atom. The second-order valence-corrected chi connectivity index (χ2v) is 9.05. The van der Waals surface area contributed by atoms with E-state index in [9.17, 15) is 9.59 Å². The molecule has 6 heteroatoms. The van der Waals surface area contributed by atoms with Crippen molar-refractivity contribution >= 4 is 17.4 Å². The fourth-order valence-corrected chi connectivity index (χ4v) is 4.60. The standard InChI is InChI=1S/C27H41N3O3/c1-4-7-8-9-10-11-16-30-26(31)24(22-12-14-23(15-13-22)33-21-5-2)25(27(30)32)29-19-17-28(6-3)18-20-29/h12-15H,4-11,16-21H2,1-3H3. The molecule has 2 aliphatic heterocycles. The molecule has 182 valence electrons. The van der Waals surface area contributed by atoms with E-state index in [1.807, 2.05) is 24.3 Å². The quantitative estimate of drug-likeness (QED) is 0.323. The second kappa shape index (κ2) is 12.8. The lowest BCUT2D eigenvalue weighted by atomic mass is 10.0. The van der Waals surface area contributed by atoms with Gasteiger partial charge in [0.1, 0.15) is 11.4 Å². The van der Waals surface area contributed by atoms with Crippen molar-refractivity contribution in [3.05, 3.63) is 35.5 Å². The fraction of sp³-hybridized carbons (Fsp3) is 0.630. The molecule has 0 aliphatic carbocycles. The molecular weight excluding hydrogens is 414 g/mol. The topological polar surface area (TPSA) is 53.1 Å². The highest BCUT2D eigenvalue weighted by molar-refractivity contribution is 6.35. The Labute approximate surface area is 199 Å². The largest absolute Gasteiger partial charge is 0.494 e. The van der Waals surface area contributed by atoms with Crippen LogP contribution in [0.1, 0.15) is 71.3 Å². The highest BCUT2D eigenvalue weighted by atomic mass is 16.5. The molecule has 3 rings (SSSR count). The summed E-state index contributed by atoms with van der Waals surface area (Å²) >= 11 is 0. The Kier molecular flexibility index (Phi) is 9.79. The van der Waals surface area contributed by atoms with Crippen LogP contribution >= 0.6 is 0 Å². The van der Waals surface area contributed by atoms with E-state index in [2.05, 4.69) is 30.6 Å². The van der Waals surface area contributed by atoms with Gasteiger partial charge in [-0.3, -0.25) is 14.5 Å². The maximum Gasteiger partial charge on any atom is 0.277 e. The Morgan fingerprint density at radius 2 is 1.45 bits per heavy atom. The molecule has 0 saturated carbocycles. The minimum absolute atomic E-state index is 0.125. The summed E-state index contributed by atoms with van der Waals surface area (Å²) in [7, 11) is 0. The summed E-state index contributed by atoms with van der Waals surface area (Å²) in [6.45, 7) is 12.0. The zero-order valence-corrected chi connectivity index (χ0v) is 20.8. The molecule has 2 amide bonds. The van der Waals surface area contributed by atoms with Crippen LogP contribution in [-0.2, 0) is 9.59 Å². The van der Waals surface area contributed by atoms with Crippen molar-refractivity contribution in [2.75, 3.05) is 45.9 Å². The monoisotopic (exact) mass is 455 g/mol. The summed E-state index contributed by atoms with van der Waals surface area (Å²) in [6, 6.07) is 7.64. The number of benzene rings is 1. The third-order valence-electron chi connectivity index (χ3n) is 6.63. The molecule has 6 nitrogen and oxygen atoms in total. The van der Waals surface area contributed by atoms with Gasteiger partial charge in [0.25, 0.3) is 11.8 Å². The van der Waals surface area contributed by atoms with Crippen LogP contribution in [0.4, 0.5) is 0 Å². The second-order valence-electron chi connectivity index (χ2n) is 9.05. The molecule has 0 atom stereocenters. The lowest BCUT2D eigenvalue weighted by Crippen LogP contribution is -2.47. The van der Waals surface area contributed by atoms with Crippen LogP contribution < -0.4 is 4.74 Å². The number of imide groups is 1. The molecule has 0 aromatic heterocycles. The van der Waals surface area contributed by atoms with E-state index in [0.29, 0.717) is 24.4 Å². The van der Waals surface area contributed by atoms with Crippen molar-refractivity contribution in [2.24, 2.45) is 0 Å². The van der Waals surface area contributed by atoms with Gasteiger partial charge < -0.3 is 14.5 Å². The number of hydrogen-bond donors (Lipinski definition) is 0. The summed E-state index contributed by atoms with van der Waals surface area (Å²) in [5.41, 5.74) is 1.94. The van der Waals surface area contributed by atoms with Gasteiger partial charge in [0, 0.05) is 32.7 Å². The van der Waals surface area contributed by atoms with Gasteiger partial charge in [0.2, 0.25) is 0 Å². The van der Waals surface area contributed by atoms with Crippen LogP contribution in [0.2, 0.25) is 0 Å². The van der Waals surface area contributed by atoms with E-state index in [1.165, 1.54) is 24.2 Å². The zero-order valence-electron chi connectivity index (χ0n) is 20.8. The molecule has 1 fully saturated rings. The highest BCUT2D eigenvalue weighted by Crippen LogP contribution is 2.33. The van der Waals surface area contributed by atoms with Crippen molar-refractivity contribution in [2.45, 2.75) is 65.7 Å². The third-order valence-corrected chi connectivity index (χ3v) is 6.63. The number of piperazine rings is 1. The Balaban J connectivity index is 1.78. The number of nitrogens with zero attached hydrogens (tertiary/aromatic N) is 3. The average molecular weight is 456 g/mol. The molecule has 0 bridgehead atoms. The predicted octanol–water partition coefficient (Wildman–Crippen LogP) is 4.55. The summed E-state index contributed by atoms with van der Waals surface area (Å²) in [5.74, 6) is 0.517. The molecule has 0 unspecified atom stereocenters. The van der Waals surface area contributed by atoms with E-state index in [-0.39, 0.29) is 11.8 Å². The van der Waals surface area contributed by atoms with E-state index >= 15 is 0 Å². The Bertz CT molecular complexity index is 810. The van der Waals surface area contributed by atoms with Gasteiger partial charge in [-0.1, -0.05) is 65.0 Å². The van der Waals surface area contributed by atoms with E-state index in [0.717, 1.165) is 69.7 Å². The van der Waals surface area contributed by atoms with Crippen molar-refractivity contribution < 1.29 is 14.3 Å². The lowest BCUT2D eigenvalue weighted by molar-refractivity contribution is -0.137. The van der Waals surface area contributed by atoms with Gasteiger partial charge in [-0.15, -0.1) is 0 Å². The maximum atomic E-state index is 13.5. The Hall–Kier alpha value is -2.34. The minimum atomic E-state index is -0.149. The molecule has 0 N–H and O–H groups in total. The number of amides is 2. The number of rotatable bonds is 13. The van der Waals surface area contributed by atoms with Gasteiger partial charge in [-0.05, 0) is 37.1 Å². The van der Waals surface area contributed by atoms with Crippen molar-refractivity contribution in [1.82, 2.24) is 14.7 Å². The van der Waals surface area contributed by atoms with Crippen LogP contribution in [0.5, 0.6) is 5.75 Å². The van der Waals surface area contributed by atoms with E-state index in [1.54, 1.807) is 0 Å². The van der Waals surface area contributed by atoms with Crippen LogP contribution in [0, 0.1) is 0 Å². The van der Waals surface area contributed by atoms with Crippen LogP contribution in [0.3, 0.4) is 0 Å². The molecule has 0 radical (unpaired) electrons. The maximum absolute atomic E-state index is 13.5. The normalized spacial score (nSPS) is 17.4. The van der Waals surface area contributed by atoms with Crippen molar-refractivity contribution in [3.63, 3.8) is 0 Å². The molecule has 1 aromatic carbocycles. The summed E-state index contributed by atoms with van der Waals surface area (Å²) in [5, 5.41) is 0. The number of unbranched alkanes of at least 4 members (excludes halogenated alkanes) is 5. The first kappa shape index (κ1) is 25.3. The smallest absolute Gasteiger partial charge is 0.277 e. The SMILES string of the molecule is CCCCCCCCN1C(=O)C(c2ccc(OCCC)cc2)=C(N2CCN(CC)CC2)C1=O. The van der Waals surface area contributed by atoms with Crippen molar-refractivity contribution in [3.8, 4) is 5.75 Å². The van der Waals surface area contributed by atoms with Crippen LogP contribution in [0.25, 0.3) is 5.57 Å². The number of ether oxygens (including phenoxy) is 1. The molecule has 0 spiro atoms. The van der Waals surface area contributed by atoms with E-state index in [4.69, 9.17) is 4.74 Å². The van der Waals surface area contributed by atoms with Gasteiger partial charge in [0.15, 0.2) is 0 Å². The Morgan fingerprint density at radius 3 is 2.09 bits per heavy atom. The highest BCUT2D eigenvalue weighted by Gasteiger charge is 2.41. The first-order valence-corrected chi connectivity index (χ1v) is 12.9. The van der Waals surface area contributed by atoms with Gasteiger partial charge in [-0.2, -0.15) is 0 Å². The zero-order chi connectivity index (χ0) is 23.6. The summed E-state index contributed by atoms with van der Waals surface area (Å²) < 4.78 is 5.71. The summed E-state index contributed by atoms with van der Waals surface area (Å²) in [4.78, 5) is 33.0. The first-order chi connectivity index (χ1) is 16.1. The van der Waals surface area contributed by atoms with Gasteiger partial charge in [0.05, 0.1) is 12.2 Å². The number of likely N-dealkylation sites (N-methyl/N-ethyl adjacent to an activating group) is 1. The number of carbonyl (C=O) groups is 2. The van der Waals surface area contributed by atoms with Crippen molar-refractivity contribution in [1.29, 1.82) is 0 Å². The lowest BCUT2D eigenvalue weighted by Gasteiger charge is -2.36. The van der Waals surface area contributed by atoms with Gasteiger partial charge >= 0.3 is 0 Å². The molecule has 2 heterocycles. The van der Waals surface area contributed by atoms with Gasteiger partial charge in [-0.25, -0.2) is 0 Å². The predicted molar refractivity (Wildman–Crippen MR) is 133 cm³/mol. The van der Waals surface area contributed by atoms with Crippen LogP contribution in [0.15, 0.2) is 30.0 Å². The molecular formula is C27H41N3O3. The van der Waals surface area contributed by atoms with E-state index < -0.39 is 0 Å². The van der Waals surface area contributed by atoms with Crippen LogP contribution in [-0.4, -0.2) is 72.4 Å². The first-order valence-electron chi connectivity index (χ1n) is 12.9. The number of carbonyl (C=O) groups excluding carboxylic acids is 2. The number of hydrogen-bond acceptors (Lipinski definition) is 5. The molecule has 33 heavy (non-hydrogen) atoms. The minimum Gasteiger partial charge on any atom is -0.494 e. The summed E-state index contributed by atoms with van der Waals surface area (Å²) in [6.07, 6.45) is 7.72. The molecule has 1 aromatic rings. The molecule has 1 saturated heterocycles.